The van der Waals surface area contributed by atoms with E-state index < -0.39 is 17.1 Å². The van der Waals surface area contributed by atoms with E-state index in [4.69, 9.17) is 9.47 Å². The van der Waals surface area contributed by atoms with Crippen LogP contribution in [0.1, 0.15) is 33.4 Å². The lowest BCUT2D eigenvalue weighted by atomic mass is 10.1. The molecule has 0 saturated heterocycles. The summed E-state index contributed by atoms with van der Waals surface area (Å²) in [7, 11) is 0. The minimum atomic E-state index is -0.739. The first-order valence-corrected chi connectivity index (χ1v) is 10.9. The number of rotatable bonds is 7. The Bertz CT molecular complexity index is 1270. The lowest BCUT2D eigenvalue weighted by molar-refractivity contribution is -0.386. The number of carbonyl (C=O) groups is 2. The Kier molecular flexibility index (Phi) is 8.04. The summed E-state index contributed by atoms with van der Waals surface area (Å²) in [6.07, 6.45) is -1.47. The van der Waals surface area contributed by atoms with Gasteiger partial charge in [0.1, 0.15) is 13.2 Å². The van der Waals surface area contributed by atoms with Crippen LogP contribution in [0.15, 0.2) is 54.6 Å². The van der Waals surface area contributed by atoms with Crippen LogP contribution in [0.5, 0.6) is 0 Å². The molecular formula is C26H27N3O6. The Labute approximate surface area is 203 Å². The van der Waals surface area contributed by atoms with E-state index in [2.05, 4.69) is 10.6 Å². The zero-order chi connectivity index (χ0) is 25.5. The minimum absolute atomic E-state index is 0.182. The lowest BCUT2D eigenvalue weighted by Crippen LogP contribution is -2.16. The molecule has 0 aliphatic heterocycles. The second-order valence-corrected chi connectivity index (χ2v) is 8.20. The van der Waals surface area contributed by atoms with E-state index in [1.807, 2.05) is 45.9 Å². The van der Waals surface area contributed by atoms with Gasteiger partial charge in [-0.05, 0) is 80.3 Å². The zero-order valence-corrected chi connectivity index (χ0v) is 20.0. The van der Waals surface area contributed by atoms with Gasteiger partial charge >= 0.3 is 12.2 Å². The van der Waals surface area contributed by atoms with E-state index in [9.17, 15) is 19.7 Å². The largest absolute Gasteiger partial charge is 0.444 e. The smallest absolute Gasteiger partial charge is 0.411 e. The molecule has 0 radical (unpaired) electrons. The van der Waals surface area contributed by atoms with Crippen LogP contribution in [-0.4, -0.2) is 17.1 Å². The van der Waals surface area contributed by atoms with Gasteiger partial charge in [-0.3, -0.25) is 20.7 Å². The molecule has 0 spiro atoms. The van der Waals surface area contributed by atoms with Crippen molar-refractivity contribution in [2.45, 2.75) is 40.9 Å². The van der Waals surface area contributed by atoms with E-state index in [0.29, 0.717) is 11.4 Å². The second kappa shape index (κ2) is 11.1. The van der Waals surface area contributed by atoms with Crippen molar-refractivity contribution in [1.82, 2.24) is 0 Å². The average molecular weight is 478 g/mol. The van der Waals surface area contributed by atoms with Crippen molar-refractivity contribution in [3.63, 3.8) is 0 Å². The van der Waals surface area contributed by atoms with Crippen LogP contribution in [0, 0.1) is 37.8 Å². The number of nitrogens with one attached hydrogen (secondary N) is 2. The number of carbonyl (C=O) groups excluding carboxylic acids is 2. The van der Waals surface area contributed by atoms with Crippen molar-refractivity contribution in [3.8, 4) is 0 Å². The molecule has 3 aromatic rings. The Hall–Kier alpha value is -4.40. The standard InChI is InChI=1S/C26H27N3O6/c1-16-8-9-18(3)23(12-16)28-26(31)35-15-21-7-5-6-20(24(21)29(32)33)14-34-25(30)27-22-11-10-17(2)19(4)13-22/h5-13H,14-15H2,1-4H3,(H,27,30)(H,28,31). The van der Waals surface area contributed by atoms with Crippen molar-refractivity contribution >= 4 is 29.2 Å². The first kappa shape index (κ1) is 25.2. The summed E-state index contributed by atoms with van der Waals surface area (Å²) in [5.74, 6) is 0. The Morgan fingerprint density at radius 2 is 1.40 bits per heavy atom. The van der Waals surface area contributed by atoms with Crippen LogP contribution in [0.3, 0.4) is 0 Å². The number of anilines is 2. The van der Waals surface area contributed by atoms with Gasteiger partial charge < -0.3 is 9.47 Å². The number of hydrogen-bond acceptors (Lipinski definition) is 6. The molecule has 0 unspecified atom stereocenters. The molecular weight excluding hydrogens is 450 g/mol. The predicted molar refractivity (Wildman–Crippen MR) is 133 cm³/mol. The molecule has 3 rings (SSSR count). The quantitative estimate of drug-likeness (QED) is 0.303. The van der Waals surface area contributed by atoms with Crippen molar-refractivity contribution in [2.24, 2.45) is 0 Å². The maximum atomic E-state index is 12.3. The fourth-order valence-corrected chi connectivity index (χ4v) is 3.39. The molecule has 182 valence electrons. The number of ether oxygens (including phenoxy) is 2. The third kappa shape index (κ3) is 6.80. The number of benzene rings is 3. The molecule has 3 aromatic carbocycles. The third-order valence-electron chi connectivity index (χ3n) is 5.49. The number of para-hydroxylation sites is 1. The summed E-state index contributed by atoms with van der Waals surface area (Å²) in [5, 5.41) is 17.0. The molecule has 0 aromatic heterocycles. The van der Waals surface area contributed by atoms with Gasteiger partial charge in [-0.2, -0.15) is 0 Å². The van der Waals surface area contributed by atoms with Crippen LogP contribution in [0.25, 0.3) is 0 Å². The van der Waals surface area contributed by atoms with E-state index in [1.54, 1.807) is 24.3 Å². The zero-order valence-electron chi connectivity index (χ0n) is 20.0. The van der Waals surface area contributed by atoms with Gasteiger partial charge in [0.15, 0.2) is 0 Å². The Balaban J connectivity index is 1.64. The van der Waals surface area contributed by atoms with Gasteiger partial charge in [-0.25, -0.2) is 9.59 Å². The highest BCUT2D eigenvalue weighted by Gasteiger charge is 2.22. The number of hydrogen-bond donors (Lipinski definition) is 2. The number of nitro groups is 1. The monoisotopic (exact) mass is 477 g/mol. The fraction of sp³-hybridized carbons (Fsp3) is 0.231. The molecule has 35 heavy (non-hydrogen) atoms. The van der Waals surface area contributed by atoms with Crippen molar-refractivity contribution in [2.75, 3.05) is 10.6 Å². The van der Waals surface area contributed by atoms with E-state index >= 15 is 0 Å². The summed E-state index contributed by atoms with van der Waals surface area (Å²) < 4.78 is 10.4. The molecule has 0 fully saturated rings. The normalized spacial score (nSPS) is 10.4. The summed E-state index contributed by atoms with van der Waals surface area (Å²) in [4.78, 5) is 35.7. The SMILES string of the molecule is Cc1ccc(C)c(NC(=O)OCc2cccc(COC(=O)Nc3ccc(C)c(C)c3)c2[N+](=O)[O-])c1. The Morgan fingerprint density at radius 1 is 0.800 bits per heavy atom. The van der Waals surface area contributed by atoms with Crippen LogP contribution < -0.4 is 10.6 Å². The average Bonchev–Trinajstić information content (AvgIpc) is 2.81. The highest BCUT2D eigenvalue weighted by atomic mass is 16.6. The summed E-state index contributed by atoms with van der Waals surface area (Å²) >= 11 is 0. The van der Waals surface area contributed by atoms with E-state index in [-0.39, 0.29) is 30.0 Å². The summed E-state index contributed by atoms with van der Waals surface area (Å²) in [5.41, 5.74) is 5.17. The van der Waals surface area contributed by atoms with Gasteiger partial charge in [0.05, 0.1) is 16.1 Å². The van der Waals surface area contributed by atoms with Crippen molar-refractivity contribution in [3.05, 3.63) is 98.1 Å². The van der Waals surface area contributed by atoms with E-state index in [1.165, 1.54) is 12.1 Å². The topological polar surface area (TPSA) is 120 Å². The molecule has 0 aliphatic rings. The molecule has 0 atom stereocenters. The predicted octanol–water partition coefficient (Wildman–Crippen LogP) is 6.33. The fourth-order valence-electron chi connectivity index (χ4n) is 3.39. The van der Waals surface area contributed by atoms with Gasteiger partial charge in [-0.1, -0.05) is 24.3 Å². The molecule has 0 saturated carbocycles. The molecule has 2 N–H and O–H groups in total. The maximum absolute atomic E-state index is 12.3. The molecule has 0 aliphatic carbocycles. The molecule has 9 nitrogen and oxygen atoms in total. The van der Waals surface area contributed by atoms with E-state index in [0.717, 1.165) is 22.3 Å². The highest BCUT2D eigenvalue weighted by Crippen LogP contribution is 2.26. The number of nitrogens with zero attached hydrogens (tertiary/aromatic N) is 1. The van der Waals surface area contributed by atoms with Crippen LogP contribution in [0.2, 0.25) is 0 Å². The minimum Gasteiger partial charge on any atom is -0.444 e. The summed E-state index contributed by atoms with van der Waals surface area (Å²) in [6, 6.07) is 15.6. The summed E-state index contributed by atoms with van der Waals surface area (Å²) in [6.45, 7) is 6.98. The van der Waals surface area contributed by atoms with Crippen molar-refractivity contribution in [1.29, 1.82) is 0 Å². The third-order valence-corrected chi connectivity index (χ3v) is 5.49. The molecule has 9 heteroatoms. The van der Waals surface area contributed by atoms with Crippen LogP contribution >= 0.6 is 0 Å². The first-order chi connectivity index (χ1) is 16.6. The molecule has 2 amide bonds. The van der Waals surface area contributed by atoms with Gasteiger partial charge in [0.25, 0.3) is 5.69 Å². The van der Waals surface area contributed by atoms with Gasteiger partial charge in [0.2, 0.25) is 0 Å². The Morgan fingerprint density at radius 3 is 2.00 bits per heavy atom. The number of nitro benzene ring substituents is 1. The number of amides is 2. The van der Waals surface area contributed by atoms with Gasteiger partial charge in [0, 0.05) is 11.4 Å². The highest BCUT2D eigenvalue weighted by molar-refractivity contribution is 5.86. The van der Waals surface area contributed by atoms with Crippen LogP contribution in [0.4, 0.5) is 26.7 Å². The molecule has 0 bridgehead atoms. The van der Waals surface area contributed by atoms with Crippen molar-refractivity contribution < 1.29 is 24.0 Å². The van der Waals surface area contributed by atoms with Crippen LogP contribution in [-0.2, 0) is 22.7 Å². The number of aryl methyl sites for hydroxylation is 4. The molecule has 0 heterocycles. The first-order valence-electron chi connectivity index (χ1n) is 10.9. The lowest BCUT2D eigenvalue weighted by Gasteiger charge is -2.12. The second-order valence-electron chi connectivity index (χ2n) is 8.20. The maximum Gasteiger partial charge on any atom is 0.411 e. The van der Waals surface area contributed by atoms with Gasteiger partial charge in [-0.15, -0.1) is 0 Å².